The number of phenolic OH excluding ortho intramolecular Hbond substituents is 1. The fraction of sp³-hybridized carbons (Fsp3) is 0.290. The van der Waals surface area contributed by atoms with E-state index in [2.05, 4.69) is 35.6 Å². The van der Waals surface area contributed by atoms with Crippen molar-refractivity contribution in [2.75, 3.05) is 26.3 Å². The van der Waals surface area contributed by atoms with Crippen molar-refractivity contribution in [1.82, 2.24) is 5.32 Å². The Bertz CT molecular complexity index is 1240. The number of rotatable bonds is 10. The summed E-state index contributed by atoms with van der Waals surface area (Å²) in [6.45, 7) is 3.90. The van der Waals surface area contributed by atoms with Crippen LogP contribution in [0.15, 0.2) is 91.0 Å². The van der Waals surface area contributed by atoms with Gasteiger partial charge in [0.2, 0.25) is 0 Å². The van der Waals surface area contributed by atoms with E-state index in [1.54, 1.807) is 0 Å². The molecular formula is C31H33NO4. The van der Waals surface area contributed by atoms with Crippen LogP contribution in [0, 0.1) is 0 Å². The van der Waals surface area contributed by atoms with Gasteiger partial charge in [0.05, 0.1) is 25.9 Å². The number of fused-ring (bicyclic) bond motifs is 1. The summed E-state index contributed by atoms with van der Waals surface area (Å²) in [5, 5.41) is 15.8. The zero-order chi connectivity index (χ0) is 24.6. The van der Waals surface area contributed by atoms with Crippen LogP contribution in [0.1, 0.15) is 29.0 Å². The molecule has 2 atom stereocenters. The first-order chi connectivity index (χ1) is 17.8. The molecule has 5 rings (SSSR count). The number of hydrogen-bond donors (Lipinski definition) is 2. The van der Waals surface area contributed by atoms with Crippen LogP contribution in [0.25, 0.3) is 10.8 Å². The van der Waals surface area contributed by atoms with Gasteiger partial charge in [0, 0.05) is 17.8 Å². The second-order valence-electron chi connectivity index (χ2n) is 9.24. The fourth-order valence-corrected chi connectivity index (χ4v) is 4.82. The minimum atomic E-state index is 0.0607. The molecular weight excluding hydrogens is 450 g/mol. The normalized spacial score (nSPS) is 17.8. The van der Waals surface area contributed by atoms with Gasteiger partial charge >= 0.3 is 0 Å². The first-order valence-electron chi connectivity index (χ1n) is 12.6. The summed E-state index contributed by atoms with van der Waals surface area (Å²) >= 11 is 0. The van der Waals surface area contributed by atoms with Crippen LogP contribution in [0.3, 0.4) is 0 Å². The molecule has 1 aliphatic heterocycles. The van der Waals surface area contributed by atoms with Crippen LogP contribution in [0.5, 0.6) is 11.5 Å². The van der Waals surface area contributed by atoms with Crippen molar-refractivity contribution in [3.63, 3.8) is 0 Å². The van der Waals surface area contributed by atoms with Gasteiger partial charge in [0.25, 0.3) is 0 Å². The standard InChI is InChI=1S/C31H33NO4/c33-30-19-24(18-26-8-4-5-9-28(26)30)22-36-31-20-32-15-14-29(31)25-10-12-27(13-11-25)35-17-16-34-21-23-6-2-1-3-7-23/h1-13,18-19,29,31-33H,14-17,20-22H2. The van der Waals surface area contributed by atoms with E-state index in [0.29, 0.717) is 38.1 Å². The summed E-state index contributed by atoms with van der Waals surface area (Å²) in [4.78, 5) is 0. The lowest BCUT2D eigenvalue weighted by Crippen LogP contribution is -2.40. The number of hydrogen-bond acceptors (Lipinski definition) is 5. The Balaban J connectivity index is 1.13. The van der Waals surface area contributed by atoms with Gasteiger partial charge in [-0.2, -0.15) is 0 Å². The van der Waals surface area contributed by atoms with Crippen molar-refractivity contribution in [1.29, 1.82) is 0 Å². The maximum Gasteiger partial charge on any atom is 0.123 e. The molecule has 2 N–H and O–H groups in total. The molecule has 0 spiro atoms. The molecule has 1 saturated heterocycles. The van der Waals surface area contributed by atoms with Crippen molar-refractivity contribution in [3.8, 4) is 11.5 Å². The summed E-state index contributed by atoms with van der Waals surface area (Å²) in [7, 11) is 0. The van der Waals surface area contributed by atoms with Gasteiger partial charge in [-0.1, -0.05) is 66.7 Å². The zero-order valence-corrected chi connectivity index (χ0v) is 20.4. The minimum absolute atomic E-state index is 0.0607. The molecule has 0 amide bonds. The van der Waals surface area contributed by atoms with Crippen molar-refractivity contribution in [2.24, 2.45) is 0 Å². The molecule has 5 nitrogen and oxygen atoms in total. The van der Waals surface area contributed by atoms with E-state index in [4.69, 9.17) is 14.2 Å². The van der Waals surface area contributed by atoms with E-state index in [1.165, 1.54) is 5.56 Å². The SMILES string of the molecule is Oc1cc(COC2CNCCC2c2ccc(OCCOCc3ccccc3)cc2)cc2ccccc12. The molecule has 0 bridgehead atoms. The lowest BCUT2D eigenvalue weighted by atomic mass is 9.87. The fourth-order valence-electron chi connectivity index (χ4n) is 4.82. The van der Waals surface area contributed by atoms with E-state index >= 15 is 0 Å². The summed E-state index contributed by atoms with van der Waals surface area (Å²) in [6.07, 6.45) is 1.08. The molecule has 4 aromatic rings. The molecule has 1 fully saturated rings. The average Bonchev–Trinajstić information content (AvgIpc) is 2.93. The number of phenols is 1. The highest BCUT2D eigenvalue weighted by molar-refractivity contribution is 5.88. The van der Waals surface area contributed by atoms with E-state index in [9.17, 15) is 5.11 Å². The van der Waals surface area contributed by atoms with Crippen LogP contribution < -0.4 is 10.1 Å². The number of benzene rings is 4. The number of nitrogens with one attached hydrogen (secondary N) is 1. The van der Waals surface area contributed by atoms with Crippen molar-refractivity contribution < 1.29 is 19.3 Å². The third kappa shape index (κ3) is 6.24. The largest absolute Gasteiger partial charge is 0.507 e. The van der Waals surface area contributed by atoms with Gasteiger partial charge < -0.3 is 24.6 Å². The Morgan fingerprint density at radius 1 is 0.806 bits per heavy atom. The van der Waals surface area contributed by atoms with Gasteiger partial charge in [-0.3, -0.25) is 0 Å². The molecule has 0 radical (unpaired) electrons. The Kier molecular flexibility index (Phi) is 8.13. The van der Waals surface area contributed by atoms with E-state index < -0.39 is 0 Å². The van der Waals surface area contributed by atoms with Crippen molar-refractivity contribution in [3.05, 3.63) is 108 Å². The first kappa shape index (κ1) is 24.3. The highest BCUT2D eigenvalue weighted by Crippen LogP contribution is 2.31. The molecule has 4 aromatic carbocycles. The Labute approximate surface area is 212 Å². The summed E-state index contributed by atoms with van der Waals surface area (Å²) in [6, 6.07) is 30.3. The average molecular weight is 484 g/mol. The van der Waals surface area contributed by atoms with Gasteiger partial charge in [-0.15, -0.1) is 0 Å². The minimum Gasteiger partial charge on any atom is -0.507 e. The molecule has 0 aromatic heterocycles. The highest BCUT2D eigenvalue weighted by atomic mass is 16.5. The Hall–Kier alpha value is -3.38. The molecule has 1 heterocycles. The molecule has 1 aliphatic rings. The zero-order valence-electron chi connectivity index (χ0n) is 20.4. The van der Waals surface area contributed by atoms with E-state index in [0.717, 1.165) is 47.2 Å². The maximum atomic E-state index is 10.4. The summed E-state index contributed by atoms with van der Waals surface area (Å²) in [5.74, 6) is 1.45. The molecule has 0 saturated carbocycles. The van der Waals surface area contributed by atoms with Crippen LogP contribution in [-0.4, -0.2) is 37.5 Å². The summed E-state index contributed by atoms with van der Waals surface area (Å²) < 4.78 is 18.0. The number of piperidine rings is 1. The molecule has 186 valence electrons. The van der Waals surface area contributed by atoms with Crippen LogP contribution in [0.4, 0.5) is 0 Å². The van der Waals surface area contributed by atoms with Crippen molar-refractivity contribution >= 4 is 10.8 Å². The lowest BCUT2D eigenvalue weighted by Gasteiger charge is -2.32. The highest BCUT2D eigenvalue weighted by Gasteiger charge is 2.27. The Morgan fingerprint density at radius 2 is 1.61 bits per heavy atom. The predicted octanol–water partition coefficient (Wildman–Crippen LogP) is 5.80. The molecule has 5 heteroatoms. The third-order valence-corrected chi connectivity index (χ3v) is 6.71. The van der Waals surface area contributed by atoms with Gasteiger partial charge in [0.1, 0.15) is 18.1 Å². The quantitative estimate of drug-likeness (QED) is 0.279. The van der Waals surface area contributed by atoms with E-state index in [-0.39, 0.29) is 6.10 Å². The van der Waals surface area contributed by atoms with Gasteiger partial charge in [-0.25, -0.2) is 0 Å². The van der Waals surface area contributed by atoms with Gasteiger partial charge in [0.15, 0.2) is 0 Å². The molecule has 2 unspecified atom stereocenters. The smallest absolute Gasteiger partial charge is 0.123 e. The van der Waals surface area contributed by atoms with E-state index in [1.807, 2.05) is 60.7 Å². The van der Waals surface area contributed by atoms with Crippen LogP contribution in [-0.2, 0) is 22.7 Å². The maximum absolute atomic E-state index is 10.4. The first-order valence-corrected chi connectivity index (χ1v) is 12.6. The Morgan fingerprint density at radius 3 is 2.47 bits per heavy atom. The van der Waals surface area contributed by atoms with Crippen LogP contribution in [0.2, 0.25) is 0 Å². The molecule has 36 heavy (non-hydrogen) atoms. The predicted molar refractivity (Wildman–Crippen MR) is 142 cm³/mol. The molecule has 0 aliphatic carbocycles. The number of aromatic hydroxyl groups is 1. The van der Waals surface area contributed by atoms with Crippen molar-refractivity contribution in [2.45, 2.75) is 31.7 Å². The third-order valence-electron chi connectivity index (χ3n) is 6.71. The lowest BCUT2D eigenvalue weighted by molar-refractivity contribution is 0.0106. The van der Waals surface area contributed by atoms with Gasteiger partial charge in [-0.05, 0) is 59.3 Å². The number of ether oxygens (including phenoxy) is 3. The second kappa shape index (κ2) is 12.0. The van der Waals surface area contributed by atoms with Crippen LogP contribution >= 0.6 is 0 Å². The second-order valence-corrected chi connectivity index (χ2v) is 9.24. The summed E-state index contributed by atoms with van der Waals surface area (Å²) in [5.41, 5.74) is 3.40. The monoisotopic (exact) mass is 483 g/mol. The topological polar surface area (TPSA) is 60.0 Å².